The molecule has 2 aromatic rings. The molecule has 0 unspecified atom stereocenters. The van der Waals surface area contributed by atoms with Gasteiger partial charge in [-0.15, -0.1) is 0 Å². The number of carbonyl (C=O) groups is 1. The maximum atomic E-state index is 11.7. The monoisotopic (exact) mass is 268 g/mol. The van der Waals surface area contributed by atoms with E-state index in [1.807, 2.05) is 0 Å². The van der Waals surface area contributed by atoms with Crippen LogP contribution in [0.5, 0.6) is 0 Å². The molecule has 0 aliphatic heterocycles. The summed E-state index contributed by atoms with van der Waals surface area (Å²) in [5.41, 5.74) is 0.201. The number of hydrogen-bond donors (Lipinski definition) is 1. The molecule has 7 heteroatoms. The van der Waals surface area contributed by atoms with Crippen LogP contribution in [-0.4, -0.2) is 20.9 Å². The van der Waals surface area contributed by atoms with Crippen molar-refractivity contribution in [3.05, 3.63) is 46.6 Å². The molecule has 0 spiro atoms. The highest BCUT2D eigenvalue weighted by Gasteiger charge is 2.08. The van der Waals surface area contributed by atoms with Gasteiger partial charge in [0.1, 0.15) is 23.0 Å². The minimum atomic E-state index is -0.415. The quantitative estimate of drug-likeness (QED) is 0.850. The van der Waals surface area contributed by atoms with Crippen LogP contribution in [0.3, 0.4) is 0 Å². The van der Waals surface area contributed by atoms with Crippen molar-refractivity contribution in [1.29, 1.82) is 0 Å². The van der Waals surface area contributed by atoms with Crippen molar-refractivity contribution in [3.63, 3.8) is 0 Å². The number of hydrogen-bond acceptors (Lipinski definition) is 4. The summed E-state index contributed by atoms with van der Waals surface area (Å²) in [6.45, 7) is 0. The molecule has 0 aromatic carbocycles. The van der Waals surface area contributed by atoms with Crippen LogP contribution in [0.25, 0.3) is 0 Å². The van der Waals surface area contributed by atoms with Gasteiger partial charge in [0.2, 0.25) is 0 Å². The van der Waals surface area contributed by atoms with Gasteiger partial charge in [-0.3, -0.25) is 9.78 Å². The van der Waals surface area contributed by atoms with Gasteiger partial charge in [0.25, 0.3) is 5.91 Å². The molecule has 5 nitrogen and oxygen atoms in total. The van der Waals surface area contributed by atoms with Crippen LogP contribution in [0.2, 0.25) is 10.2 Å². The Bertz CT molecular complexity index is 562. The van der Waals surface area contributed by atoms with Gasteiger partial charge >= 0.3 is 0 Å². The van der Waals surface area contributed by atoms with Gasteiger partial charge in [-0.25, -0.2) is 9.97 Å². The van der Waals surface area contributed by atoms with Crippen molar-refractivity contribution in [1.82, 2.24) is 15.0 Å². The first kappa shape index (κ1) is 11.8. The third-order valence-corrected chi connectivity index (χ3v) is 2.27. The van der Waals surface area contributed by atoms with Crippen molar-refractivity contribution in [2.75, 3.05) is 5.32 Å². The summed E-state index contributed by atoms with van der Waals surface area (Å²) in [4.78, 5) is 23.2. The van der Waals surface area contributed by atoms with Crippen LogP contribution in [0.4, 0.5) is 5.82 Å². The van der Waals surface area contributed by atoms with Crippen LogP contribution in [-0.2, 0) is 0 Å². The topological polar surface area (TPSA) is 67.8 Å². The largest absolute Gasteiger partial charge is 0.305 e. The number of aromatic nitrogens is 3. The fraction of sp³-hybridized carbons (Fsp3) is 0. The lowest BCUT2D eigenvalue weighted by molar-refractivity contribution is 0.102. The second kappa shape index (κ2) is 5.07. The molecule has 1 N–H and O–H groups in total. The number of nitrogens with zero attached hydrogens (tertiary/aromatic N) is 3. The lowest BCUT2D eigenvalue weighted by Gasteiger charge is -2.03. The molecule has 0 aliphatic rings. The fourth-order valence-corrected chi connectivity index (χ4v) is 1.42. The number of halogens is 2. The predicted molar refractivity (Wildman–Crippen MR) is 64.2 cm³/mol. The van der Waals surface area contributed by atoms with Crippen LogP contribution in [0.15, 0.2) is 30.7 Å². The average molecular weight is 269 g/mol. The van der Waals surface area contributed by atoms with E-state index in [1.165, 1.54) is 24.7 Å². The predicted octanol–water partition coefficient (Wildman–Crippen LogP) is 2.43. The van der Waals surface area contributed by atoms with Crippen LogP contribution >= 0.6 is 23.2 Å². The summed E-state index contributed by atoms with van der Waals surface area (Å²) in [5.74, 6) is -0.112. The van der Waals surface area contributed by atoms with Crippen molar-refractivity contribution < 1.29 is 4.79 Å². The van der Waals surface area contributed by atoms with Gasteiger partial charge in [-0.05, 0) is 12.1 Å². The molecule has 0 bridgehead atoms. The number of anilines is 1. The van der Waals surface area contributed by atoms with E-state index in [0.717, 1.165) is 0 Å². The van der Waals surface area contributed by atoms with Gasteiger partial charge in [-0.1, -0.05) is 23.2 Å². The van der Waals surface area contributed by atoms with Crippen LogP contribution in [0, 0.1) is 0 Å². The van der Waals surface area contributed by atoms with E-state index in [0.29, 0.717) is 10.8 Å². The molecule has 2 aromatic heterocycles. The Hall–Kier alpha value is -1.72. The molecule has 0 radical (unpaired) electrons. The molecule has 0 saturated carbocycles. The zero-order chi connectivity index (χ0) is 12.3. The zero-order valence-electron chi connectivity index (χ0n) is 8.39. The van der Waals surface area contributed by atoms with E-state index in [-0.39, 0.29) is 10.8 Å². The van der Waals surface area contributed by atoms with E-state index < -0.39 is 5.91 Å². The van der Waals surface area contributed by atoms with E-state index in [9.17, 15) is 4.79 Å². The summed E-state index contributed by atoms with van der Waals surface area (Å²) < 4.78 is 0. The molecule has 0 aliphatic carbocycles. The van der Waals surface area contributed by atoms with Crippen molar-refractivity contribution in [2.24, 2.45) is 0 Å². The normalized spacial score (nSPS) is 10.0. The third-order valence-electron chi connectivity index (χ3n) is 1.83. The SMILES string of the molecule is O=C(Nc1cc(Cl)ncn1)c1cc(Cl)ccn1. The second-order valence-electron chi connectivity index (χ2n) is 3.04. The standard InChI is InChI=1S/C10H6Cl2N4O/c11-6-1-2-13-7(3-6)10(17)16-9-4-8(12)14-5-15-9/h1-5H,(H,14,15,16,17). The smallest absolute Gasteiger partial charge is 0.275 e. The van der Waals surface area contributed by atoms with Gasteiger partial charge in [0, 0.05) is 17.3 Å². The average Bonchev–Trinajstić information content (AvgIpc) is 2.29. The molecule has 0 fully saturated rings. The lowest BCUT2D eigenvalue weighted by atomic mass is 10.3. The number of nitrogens with one attached hydrogen (secondary N) is 1. The molecule has 86 valence electrons. The Morgan fingerprint density at radius 1 is 1.18 bits per heavy atom. The zero-order valence-corrected chi connectivity index (χ0v) is 9.90. The Morgan fingerprint density at radius 2 is 2.00 bits per heavy atom. The number of amides is 1. The lowest BCUT2D eigenvalue weighted by Crippen LogP contribution is -2.14. The molecule has 2 heterocycles. The van der Waals surface area contributed by atoms with Gasteiger partial charge in [-0.2, -0.15) is 0 Å². The molecular weight excluding hydrogens is 263 g/mol. The summed E-state index contributed by atoms with van der Waals surface area (Å²) in [6.07, 6.45) is 2.70. The van der Waals surface area contributed by atoms with Crippen molar-refractivity contribution >= 4 is 34.9 Å². The van der Waals surface area contributed by atoms with Crippen molar-refractivity contribution in [3.8, 4) is 0 Å². The molecule has 1 amide bonds. The molecule has 0 saturated heterocycles. The highest BCUT2D eigenvalue weighted by Crippen LogP contribution is 2.12. The molecule has 2 rings (SSSR count). The van der Waals surface area contributed by atoms with Crippen molar-refractivity contribution in [2.45, 2.75) is 0 Å². The number of pyridine rings is 1. The third kappa shape index (κ3) is 3.12. The molecule has 17 heavy (non-hydrogen) atoms. The van der Waals surface area contributed by atoms with E-state index in [4.69, 9.17) is 23.2 Å². The van der Waals surface area contributed by atoms with Gasteiger partial charge in [0.15, 0.2) is 0 Å². The summed E-state index contributed by atoms with van der Waals surface area (Å²) in [6, 6.07) is 4.48. The maximum Gasteiger partial charge on any atom is 0.275 e. The first-order valence-corrected chi connectivity index (χ1v) is 5.31. The van der Waals surface area contributed by atoms with Gasteiger partial charge < -0.3 is 5.32 Å². The minimum absolute atomic E-state index is 0.201. The maximum absolute atomic E-state index is 11.7. The second-order valence-corrected chi connectivity index (χ2v) is 3.86. The molecular formula is C10H6Cl2N4O. The summed E-state index contributed by atoms with van der Waals surface area (Å²) in [5, 5.41) is 3.21. The highest BCUT2D eigenvalue weighted by atomic mass is 35.5. The highest BCUT2D eigenvalue weighted by molar-refractivity contribution is 6.31. The Morgan fingerprint density at radius 3 is 2.71 bits per heavy atom. The summed E-state index contributed by atoms with van der Waals surface area (Å²) >= 11 is 11.4. The van der Waals surface area contributed by atoms with E-state index in [2.05, 4.69) is 20.3 Å². The Labute approximate surface area is 107 Å². The number of rotatable bonds is 2. The van der Waals surface area contributed by atoms with Gasteiger partial charge in [0.05, 0.1) is 0 Å². The summed E-state index contributed by atoms with van der Waals surface area (Å²) in [7, 11) is 0. The number of carbonyl (C=O) groups excluding carboxylic acids is 1. The van der Waals surface area contributed by atoms with Crippen LogP contribution < -0.4 is 5.32 Å². The first-order valence-electron chi connectivity index (χ1n) is 4.55. The molecule has 0 atom stereocenters. The van der Waals surface area contributed by atoms with E-state index >= 15 is 0 Å². The minimum Gasteiger partial charge on any atom is -0.305 e. The fourth-order valence-electron chi connectivity index (χ4n) is 1.11. The Balaban J connectivity index is 2.17. The van der Waals surface area contributed by atoms with Crippen LogP contribution in [0.1, 0.15) is 10.5 Å². The Kier molecular flexibility index (Phi) is 3.51. The van der Waals surface area contributed by atoms with E-state index in [1.54, 1.807) is 6.07 Å². The first-order chi connectivity index (χ1) is 8.15.